The van der Waals surface area contributed by atoms with Crippen LogP contribution in [0, 0.1) is 6.92 Å². The lowest BCUT2D eigenvalue weighted by molar-refractivity contribution is -0.113. The Kier molecular flexibility index (Phi) is 6.25. The molecule has 6 nitrogen and oxygen atoms in total. The minimum atomic E-state index is -0.0948. The monoisotopic (exact) mass is 479 g/mol. The molecular weight excluding hydrogens is 462 g/mol. The second kappa shape index (κ2) is 9.23. The van der Waals surface area contributed by atoms with Gasteiger partial charge < -0.3 is 5.32 Å². The minimum absolute atomic E-state index is 0.0948. The van der Waals surface area contributed by atoms with Crippen molar-refractivity contribution in [3.05, 3.63) is 83.1 Å². The Morgan fingerprint density at radius 1 is 1.07 bits per heavy atom. The number of aryl methyl sites for hydroxylation is 1. The molecule has 0 spiro atoms. The van der Waals surface area contributed by atoms with Crippen molar-refractivity contribution in [2.75, 3.05) is 11.1 Å². The Balaban J connectivity index is 1.60. The van der Waals surface area contributed by atoms with Crippen LogP contribution in [0.2, 0.25) is 0 Å². The van der Waals surface area contributed by atoms with Crippen LogP contribution in [-0.2, 0) is 4.79 Å². The molecule has 4 aromatic rings. The van der Waals surface area contributed by atoms with Gasteiger partial charge in [-0.15, -0.1) is 10.2 Å². The van der Waals surface area contributed by atoms with Crippen molar-refractivity contribution in [2.24, 2.45) is 0 Å². The van der Waals surface area contributed by atoms with Gasteiger partial charge in [-0.25, -0.2) is 0 Å². The van der Waals surface area contributed by atoms with Crippen LogP contribution in [-0.4, -0.2) is 31.4 Å². The highest BCUT2D eigenvalue weighted by Gasteiger charge is 2.17. The number of para-hydroxylation sites is 1. The maximum atomic E-state index is 12.5. The first-order chi connectivity index (χ1) is 14.6. The Morgan fingerprint density at radius 2 is 1.87 bits per heavy atom. The Morgan fingerprint density at radius 3 is 2.60 bits per heavy atom. The molecule has 0 saturated heterocycles. The number of nitrogens with one attached hydrogen (secondary N) is 1. The van der Waals surface area contributed by atoms with Gasteiger partial charge in [-0.3, -0.25) is 14.3 Å². The smallest absolute Gasteiger partial charge is 0.234 e. The van der Waals surface area contributed by atoms with E-state index in [2.05, 4.69) is 36.4 Å². The first kappa shape index (κ1) is 20.3. The van der Waals surface area contributed by atoms with E-state index < -0.39 is 0 Å². The van der Waals surface area contributed by atoms with Gasteiger partial charge in [0.05, 0.1) is 5.75 Å². The zero-order valence-electron chi connectivity index (χ0n) is 16.1. The molecule has 1 N–H and O–H groups in total. The lowest BCUT2D eigenvalue weighted by atomic mass is 10.2. The number of carbonyl (C=O) groups is 1. The zero-order valence-corrected chi connectivity index (χ0v) is 18.5. The molecule has 0 saturated carbocycles. The van der Waals surface area contributed by atoms with E-state index >= 15 is 0 Å². The Bertz CT molecular complexity index is 1160. The molecule has 0 radical (unpaired) electrons. The fraction of sp³-hybridized carbons (Fsp3) is 0.0909. The van der Waals surface area contributed by atoms with Crippen LogP contribution in [0.3, 0.4) is 0 Å². The fourth-order valence-corrected chi connectivity index (χ4v) is 3.91. The van der Waals surface area contributed by atoms with Gasteiger partial charge in [-0.05, 0) is 55.0 Å². The van der Waals surface area contributed by atoms with Gasteiger partial charge >= 0.3 is 0 Å². The fourth-order valence-electron chi connectivity index (χ4n) is 2.90. The largest absolute Gasteiger partial charge is 0.325 e. The van der Waals surface area contributed by atoms with E-state index in [-0.39, 0.29) is 11.7 Å². The minimum Gasteiger partial charge on any atom is -0.325 e. The SMILES string of the molecule is Cc1ccccc1NC(=O)CSc1nnc(-c2cccnc2)n1-c1ccc(Br)cc1. The van der Waals surface area contributed by atoms with Gasteiger partial charge in [0.25, 0.3) is 0 Å². The molecule has 4 rings (SSSR count). The summed E-state index contributed by atoms with van der Waals surface area (Å²) in [7, 11) is 0. The summed E-state index contributed by atoms with van der Waals surface area (Å²) in [6.07, 6.45) is 3.47. The molecule has 30 heavy (non-hydrogen) atoms. The van der Waals surface area contributed by atoms with E-state index in [0.29, 0.717) is 11.0 Å². The van der Waals surface area contributed by atoms with E-state index in [0.717, 1.165) is 27.0 Å². The molecule has 0 unspecified atom stereocenters. The van der Waals surface area contributed by atoms with Crippen molar-refractivity contribution >= 4 is 39.3 Å². The van der Waals surface area contributed by atoms with Gasteiger partial charge in [-0.2, -0.15) is 0 Å². The van der Waals surface area contributed by atoms with Gasteiger partial charge in [0.2, 0.25) is 5.91 Å². The van der Waals surface area contributed by atoms with Gasteiger partial charge in [0.1, 0.15) is 0 Å². The third-order valence-electron chi connectivity index (χ3n) is 4.39. The maximum Gasteiger partial charge on any atom is 0.234 e. The number of benzene rings is 2. The second-order valence-corrected chi connectivity index (χ2v) is 8.37. The van der Waals surface area contributed by atoms with Crippen molar-refractivity contribution < 1.29 is 4.79 Å². The molecule has 0 atom stereocenters. The van der Waals surface area contributed by atoms with Gasteiger partial charge in [0, 0.05) is 33.8 Å². The number of rotatable bonds is 6. The van der Waals surface area contributed by atoms with E-state index in [4.69, 9.17) is 0 Å². The summed E-state index contributed by atoms with van der Waals surface area (Å²) >= 11 is 4.81. The number of hydrogen-bond donors (Lipinski definition) is 1. The highest BCUT2D eigenvalue weighted by atomic mass is 79.9. The lowest BCUT2D eigenvalue weighted by Crippen LogP contribution is -2.15. The number of carbonyl (C=O) groups excluding carboxylic acids is 1. The molecule has 2 aromatic heterocycles. The van der Waals surface area contributed by atoms with Gasteiger partial charge in [0.15, 0.2) is 11.0 Å². The normalized spacial score (nSPS) is 10.7. The molecule has 2 aromatic carbocycles. The summed E-state index contributed by atoms with van der Waals surface area (Å²) < 4.78 is 2.92. The third kappa shape index (κ3) is 4.60. The number of thioether (sulfide) groups is 1. The number of hydrogen-bond acceptors (Lipinski definition) is 5. The second-order valence-electron chi connectivity index (χ2n) is 6.51. The van der Waals surface area contributed by atoms with E-state index in [1.165, 1.54) is 11.8 Å². The number of pyridine rings is 1. The van der Waals surface area contributed by atoms with Crippen LogP contribution in [0.5, 0.6) is 0 Å². The number of anilines is 1. The van der Waals surface area contributed by atoms with Crippen molar-refractivity contribution in [2.45, 2.75) is 12.1 Å². The van der Waals surface area contributed by atoms with Crippen LogP contribution in [0.4, 0.5) is 5.69 Å². The maximum absolute atomic E-state index is 12.5. The number of amides is 1. The van der Waals surface area contributed by atoms with Crippen LogP contribution in [0.1, 0.15) is 5.56 Å². The number of nitrogens with zero attached hydrogens (tertiary/aromatic N) is 4. The predicted molar refractivity (Wildman–Crippen MR) is 123 cm³/mol. The van der Waals surface area contributed by atoms with Crippen LogP contribution >= 0.6 is 27.7 Å². The van der Waals surface area contributed by atoms with E-state index in [1.807, 2.05) is 72.2 Å². The highest BCUT2D eigenvalue weighted by molar-refractivity contribution is 9.10. The standard InChI is InChI=1S/C22H18BrN5OS/c1-15-5-2-3-7-19(15)25-20(29)14-30-22-27-26-21(16-6-4-12-24-13-16)28(22)18-10-8-17(23)9-11-18/h2-13H,14H2,1H3,(H,25,29). The number of halogens is 1. The molecule has 0 aliphatic carbocycles. The molecule has 2 heterocycles. The molecule has 0 fully saturated rings. The van der Waals surface area contributed by atoms with Crippen LogP contribution in [0.25, 0.3) is 17.1 Å². The summed E-state index contributed by atoms with van der Waals surface area (Å²) in [5, 5.41) is 12.3. The summed E-state index contributed by atoms with van der Waals surface area (Å²) in [6.45, 7) is 1.97. The average Bonchev–Trinajstić information content (AvgIpc) is 3.19. The average molecular weight is 480 g/mol. The van der Waals surface area contributed by atoms with Crippen molar-refractivity contribution in [3.8, 4) is 17.1 Å². The molecular formula is C22H18BrN5OS. The third-order valence-corrected chi connectivity index (χ3v) is 5.85. The first-order valence-electron chi connectivity index (χ1n) is 9.22. The molecule has 0 aliphatic rings. The summed E-state index contributed by atoms with van der Waals surface area (Å²) in [5.41, 5.74) is 3.59. The van der Waals surface area contributed by atoms with Crippen LogP contribution in [0.15, 0.2) is 82.7 Å². The lowest BCUT2D eigenvalue weighted by Gasteiger charge is -2.11. The molecule has 8 heteroatoms. The molecule has 0 aliphatic heterocycles. The molecule has 1 amide bonds. The number of aromatic nitrogens is 4. The molecule has 0 bridgehead atoms. The summed E-state index contributed by atoms with van der Waals surface area (Å²) in [4.78, 5) is 16.7. The topological polar surface area (TPSA) is 72.7 Å². The zero-order chi connectivity index (χ0) is 20.9. The van der Waals surface area contributed by atoms with Crippen molar-refractivity contribution in [1.82, 2.24) is 19.7 Å². The highest BCUT2D eigenvalue weighted by Crippen LogP contribution is 2.28. The first-order valence-corrected chi connectivity index (χ1v) is 11.0. The van der Waals surface area contributed by atoms with Crippen molar-refractivity contribution in [1.29, 1.82) is 0 Å². The van der Waals surface area contributed by atoms with Crippen LogP contribution < -0.4 is 5.32 Å². The predicted octanol–water partition coefficient (Wildman–Crippen LogP) is 5.13. The van der Waals surface area contributed by atoms with Crippen molar-refractivity contribution in [3.63, 3.8) is 0 Å². The Hall–Kier alpha value is -2.97. The van der Waals surface area contributed by atoms with E-state index in [1.54, 1.807) is 12.4 Å². The van der Waals surface area contributed by atoms with E-state index in [9.17, 15) is 4.79 Å². The van der Waals surface area contributed by atoms with Gasteiger partial charge in [-0.1, -0.05) is 45.9 Å². The quantitative estimate of drug-likeness (QED) is 0.388. The summed E-state index contributed by atoms with van der Waals surface area (Å²) in [6, 6.07) is 19.4. The molecule has 150 valence electrons. The summed E-state index contributed by atoms with van der Waals surface area (Å²) in [5.74, 6) is 0.797. The Labute approximate surface area is 186 Å².